The number of hydrogen-bond acceptors (Lipinski definition) is 5. The van der Waals surface area contributed by atoms with E-state index in [4.69, 9.17) is 4.74 Å². The van der Waals surface area contributed by atoms with Crippen molar-refractivity contribution >= 4 is 0 Å². The Bertz CT molecular complexity index is 439. The normalized spacial score (nSPS) is 21.1. The van der Waals surface area contributed by atoms with Gasteiger partial charge in [-0.05, 0) is 31.8 Å². The summed E-state index contributed by atoms with van der Waals surface area (Å²) < 4.78 is 5.12. The summed E-state index contributed by atoms with van der Waals surface area (Å²) in [6.07, 6.45) is 0. The standard InChI is InChI=1S/C15H25N3O2/c1-17-6-7-18(2)13(11-17)10-16-9-12-4-5-14(19)15(8-12)20-3/h4-5,8,13,16,19H,6-7,9-11H2,1-3H3. The summed E-state index contributed by atoms with van der Waals surface area (Å²) in [6, 6.07) is 6.02. The van der Waals surface area contributed by atoms with Crippen molar-refractivity contribution in [3.8, 4) is 11.5 Å². The molecule has 1 aliphatic rings. The first-order chi connectivity index (χ1) is 9.60. The Morgan fingerprint density at radius 3 is 2.90 bits per heavy atom. The molecule has 1 heterocycles. The van der Waals surface area contributed by atoms with Crippen LogP contribution in [0.1, 0.15) is 5.56 Å². The van der Waals surface area contributed by atoms with Gasteiger partial charge in [0.15, 0.2) is 11.5 Å². The minimum absolute atomic E-state index is 0.185. The molecule has 0 aliphatic carbocycles. The van der Waals surface area contributed by atoms with Gasteiger partial charge >= 0.3 is 0 Å². The molecule has 0 bridgehead atoms. The first-order valence-corrected chi connectivity index (χ1v) is 7.05. The predicted molar refractivity (Wildman–Crippen MR) is 80.3 cm³/mol. The molecule has 0 aromatic heterocycles. The lowest BCUT2D eigenvalue weighted by atomic mass is 10.1. The number of piperazine rings is 1. The molecule has 112 valence electrons. The van der Waals surface area contributed by atoms with Crippen LogP contribution in [0.15, 0.2) is 18.2 Å². The van der Waals surface area contributed by atoms with Gasteiger partial charge in [-0.15, -0.1) is 0 Å². The van der Waals surface area contributed by atoms with Gasteiger partial charge in [0.05, 0.1) is 7.11 Å². The number of hydrogen-bond donors (Lipinski definition) is 2. The van der Waals surface area contributed by atoms with Crippen LogP contribution in [0.3, 0.4) is 0 Å². The Balaban J connectivity index is 1.83. The van der Waals surface area contributed by atoms with Gasteiger partial charge in [-0.25, -0.2) is 0 Å². The zero-order valence-corrected chi connectivity index (χ0v) is 12.6. The Labute approximate surface area is 121 Å². The van der Waals surface area contributed by atoms with Gasteiger partial charge in [0, 0.05) is 38.8 Å². The lowest BCUT2D eigenvalue weighted by Crippen LogP contribution is -2.53. The number of phenolic OH excluding ortho intramolecular Hbond substituents is 1. The van der Waals surface area contributed by atoms with Crippen LogP contribution in [0.25, 0.3) is 0 Å². The third kappa shape index (κ3) is 3.85. The molecule has 1 atom stereocenters. The van der Waals surface area contributed by atoms with Gasteiger partial charge < -0.3 is 20.1 Å². The molecule has 1 saturated heterocycles. The van der Waals surface area contributed by atoms with Crippen molar-refractivity contribution in [3.63, 3.8) is 0 Å². The molecule has 1 aromatic rings. The van der Waals surface area contributed by atoms with E-state index < -0.39 is 0 Å². The van der Waals surface area contributed by atoms with Gasteiger partial charge in [0.25, 0.3) is 0 Å². The van der Waals surface area contributed by atoms with Crippen LogP contribution in [0, 0.1) is 0 Å². The molecule has 1 aliphatic heterocycles. The van der Waals surface area contributed by atoms with Crippen LogP contribution in [0.2, 0.25) is 0 Å². The van der Waals surface area contributed by atoms with E-state index in [9.17, 15) is 5.11 Å². The van der Waals surface area contributed by atoms with Crippen molar-refractivity contribution in [2.45, 2.75) is 12.6 Å². The lowest BCUT2D eigenvalue weighted by Gasteiger charge is -2.37. The molecule has 20 heavy (non-hydrogen) atoms. The van der Waals surface area contributed by atoms with Crippen molar-refractivity contribution < 1.29 is 9.84 Å². The predicted octanol–water partition coefficient (Wildman–Crippen LogP) is 0.736. The maximum absolute atomic E-state index is 9.57. The van der Waals surface area contributed by atoms with Crippen LogP contribution < -0.4 is 10.1 Å². The summed E-state index contributed by atoms with van der Waals surface area (Å²) >= 11 is 0. The minimum atomic E-state index is 0.185. The van der Waals surface area contributed by atoms with Crippen LogP contribution in [-0.2, 0) is 6.54 Å². The molecule has 0 saturated carbocycles. The van der Waals surface area contributed by atoms with Crippen LogP contribution in [0.5, 0.6) is 11.5 Å². The summed E-state index contributed by atoms with van der Waals surface area (Å²) in [5.41, 5.74) is 1.12. The number of aromatic hydroxyl groups is 1. The van der Waals surface area contributed by atoms with Gasteiger partial charge in [0.1, 0.15) is 0 Å². The highest BCUT2D eigenvalue weighted by molar-refractivity contribution is 5.41. The minimum Gasteiger partial charge on any atom is -0.504 e. The van der Waals surface area contributed by atoms with E-state index >= 15 is 0 Å². The van der Waals surface area contributed by atoms with Crippen LogP contribution in [-0.4, -0.2) is 68.3 Å². The van der Waals surface area contributed by atoms with Gasteiger partial charge in [-0.3, -0.25) is 4.90 Å². The molecule has 1 fully saturated rings. The number of phenols is 1. The van der Waals surface area contributed by atoms with Crippen molar-refractivity contribution in [3.05, 3.63) is 23.8 Å². The third-order valence-corrected chi connectivity index (χ3v) is 3.93. The van der Waals surface area contributed by atoms with Crippen LogP contribution in [0.4, 0.5) is 0 Å². The smallest absolute Gasteiger partial charge is 0.160 e. The highest BCUT2D eigenvalue weighted by Gasteiger charge is 2.21. The number of benzene rings is 1. The number of ether oxygens (including phenoxy) is 1. The summed E-state index contributed by atoms with van der Waals surface area (Å²) in [7, 11) is 5.92. The lowest BCUT2D eigenvalue weighted by molar-refractivity contribution is 0.113. The van der Waals surface area contributed by atoms with Crippen LogP contribution >= 0.6 is 0 Å². The first-order valence-electron chi connectivity index (χ1n) is 7.05. The monoisotopic (exact) mass is 279 g/mol. The van der Waals surface area contributed by atoms with Crippen molar-refractivity contribution in [2.75, 3.05) is 47.4 Å². The SMILES string of the molecule is COc1cc(CNCC2CN(C)CCN2C)ccc1O. The molecule has 5 heteroatoms. The number of methoxy groups -OCH3 is 1. The maximum atomic E-state index is 9.57. The van der Waals surface area contributed by atoms with Gasteiger partial charge in [-0.1, -0.05) is 6.07 Å². The zero-order chi connectivity index (χ0) is 14.5. The third-order valence-electron chi connectivity index (χ3n) is 3.93. The molecule has 1 unspecified atom stereocenters. The van der Waals surface area contributed by atoms with E-state index in [1.807, 2.05) is 12.1 Å². The fourth-order valence-corrected chi connectivity index (χ4v) is 2.54. The Morgan fingerprint density at radius 2 is 2.15 bits per heavy atom. The summed E-state index contributed by atoms with van der Waals surface area (Å²) in [4.78, 5) is 4.78. The molecule has 1 aromatic carbocycles. The largest absolute Gasteiger partial charge is 0.504 e. The van der Waals surface area contributed by atoms with Gasteiger partial charge in [-0.2, -0.15) is 0 Å². The van der Waals surface area contributed by atoms with Gasteiger partial charge in [0.2, 0.25) is 0 Å². The highest BCUT2D eigenvalue weighted by Crippen LogP contribution is 2.26. The van der Waals surface area contributed by atoms with E-state index in [0.29, 0.717) is 11.8 Å². The molecular formula is C15H25N3O2. The van der Waals surface area contributed by atoms with E-state index in [1.165, 1.54) is 0 Å². The molecule has 5 nitrogen and oxygen atoms in total. The zero-order valence-electron chi connectivity index (χ0n) is 12.6. The Kier molecular flexibility index (Phi) is 5.23. The second kappa shape index (κ2) is 6.92. The number of likely N-dealkylation sites (N-methyl/N-ethyl adjacent to an activating group) is 2. The number of rotatable bonds is 5. The van der Waals surface area contributed by atoms with E-state index in [2.05, 4.69) is 29.2 Å². The average molecular weight is 279 g/mol. The first kappa shape index (κ1) is 15.1. The van der Waals surface area contributed by atoms with Crippen molar-refractivity contribution in [1.29, 1.82) is 0 Å². The second-order valence-corrected chi connectivity index (χ2v) is 5.53. The van der Waals surface area contributed by atoms with Crippen molar-refractivity contribution in [2.24, 2.45) is 0 Å². The molecule has 2 rings (SSSR count). The Hall–Kier alpha value is -1.30. The molecule has 0 amide bonds. The topological polar surface area (TPSA) is 48.0 Å². The maximum Gasteiger partial charge on any atom is 0.160 e. The fourth-order valence-electron chi connectivity index (χ4n) is 2.54. The summed E-state index contributed by atoms with van der Waals surface area (Å²) in [6.45, 7) is 5.11. The quantitative estimate of drug-likeness (QED) is 0.832. The molecule has 0 spiro atoms. The highest BCUT2D eigenvalue weighted by atomic mass is 16.5. The molecule has 0 radical (unpaired) electrons. The van der Waals surface area contributed by atoms with Crippen molar-refractivity contribution in [1.82, 2.24) is 15.1 Å². The van der Waals surface area contributed by atoms with E-state index in [1.54, 1.807) is 13.2 Å². The number of nitrogens with zero attached hydrogens (tertiary/aromatic N) is 2. The fraction of sp³-hybridized carbons (Fsp3) is 0.600. The summed E-state index contributed by atoms with van der Waals surface area (Å²) in [5, 5.41) is 13.1. The average Bonchev–Trinajstić information content (AvgIpc) is 2.44. The van der Waals surface area contributed by atoms with E-state index in [0.717, 1.165) is 38.3 Å². The second-order valence-electron chi connectivity index (χ2n) is 5.53. The molecule has 2 N–H and O–H groups in total. The number of nitrogens with one attached hydrogen (secondary N) is 1. The summed E-state index contributed by atoms with van der Waals surface area (Å²) in [5.74, 6) is 0.712. The van der Waals surface area contributed by atoms with E-state index in [-0.39, 0.29) is 5.75 Å². The molecular weight excluding hydrogens is 254 g/mol. The Morgan fingerprint density at radius 1 is 1.35 bits per heavy atom.